The first-order valence-corrected chi connectivity index (χ1v) is 6.85. The van der Waals surface area contributed by atoms with Gasteiger partial charge in [0.1, 0.15) is 5.54 Å². The third-order valence-electron chi connectivity index (χ3n) is 3.62. The van der Waals surface area contributed by atoms with Gasteiger partial charge < -0.3 is 10.2 Å². The first-order chi connectivity index (χ1) is 10.3. The highest BCUT2D eigenvalue weighted by Crippen LogP contribution is 2.19. The molecule has 7 nitrogen and oxygen atoms in total. The van der Waals surface area contributed by atoms with Crippen molar-refractivity contribution in [2.24, 2.45) is 0 Å². The van der Waals surface area contributed by atoms with Crippen molar-refractivity contribution in [3.8, 4) is 0 Å². The molecule has 116 valence electrons. The molecule has 1 N–H and O–H groups in total. The van der Waals surface area contributed by atoms with Crippen LogP contribution in [0, 0.1) is 10.1 Å². The van der Waals surface area contributed by atoms with Crippen LogP contribution in [0.2, 0.25) is 0 Å². The molecule has 1 fully saturated rings. The second-order valence-corrected chi connectivity index (χ2v) is 5.49. The highest BCUT2D eigenvalue weighted by Gasteiger charge is 2.39. The van der Waals surface area contributed by atoms with E-state index in [0.717, 1.165) is 0 Å². The van der Waals surface area contributed by atoms with Crippen LogP contribution in [0.3, 0.4) is 0 Å². The maximum atomic E-state index is 12.3. The molecule has 0 aliphatic carbocycles. The molecule has 1 aliphatic heterocycles. The van der Waals surface area contributed by atoms with Gasteiger partial charge in [0, 0.05) is 31.3 Å². The Morgan fingerprint density at radius 1 is 1.45 bits per heavy atom. The standard InChI is InChI=1S/C15H17N3O4/c1-15(2)14(20)16-8-9-17(15)13(19)7-6-11-4-3-5-12(10-11)18(21)22/h3-7,10H,8-9H2,1-2H3,(H,16,20)/b7-6+. The molecule has 0 aromatic heterocycles. The van der Waals surface area contributed by atoms with Crippen LogP contribution >= 0.6 is 0 Å². The van der Waals surface area contributed by atoms with Crippen LogP contribution in [-0.4, -0.2) is 40.3 Å². The van der Waals surface area contributed by atoms with Gasteiger partial charge in [0.25, 0.3) is 5.69 Å². The molecular formula is C15H17N3O4. The van der Waals surface area contributed by atoms with Gasteiger partial charge in [-0.25, -0.2) is 0 Å². The summed E-state index contributed by atoms with van der Waals surface area (Å²) in [7, 11) is 0. The number of nitrogens with one attached hydrogen (secondary N) is 1. The molecule has 1 aromatic rings. The Balaban J connectivity index is 2.16. The summed E-state index contributed by atoms with van der Waals surface area (Å²) < 4.78 is 0. The van der Waals surface area contributed by atoms with E-state index in [9.17, 15) is 19.7 Å². The number of non-ortho nitro benzene ring substituents is 1. The summed E-state index contributed by atoms with van der Waals surface area (Å²) in [6, 6.07) is 6.00. The van der Waals surface area contributed by atoms with Gasteiger partial charge in [-0.3, -0.25) is 19.7 Å². The summed E-state index contributed by atoms with van der Waals surface area (Å²) in [5.41, 5.74) is -0.392. The minimum Gasteiger partial charge on any atom is -0.352 e. The van der Waals surface area contributed by atoms with Crippen molar-refractivity contribution in [2.75, 3.05) is 13.1 Å². The van der Waals surface area contributed by atoms with Gasteiger partial charge >= 0.3 is 0 Å². The maximum Gasteiger partial charge on any atom is 0.270 e. The second kappa shape index (κ2) is 5.97. The second-order valence-electron chi connectivity index (χ2n) is 5.49. The molecule has 0 unspecified atom stereocenters. The Morgan fingerprint density at radius 2 is 2.18 bits per heavy atom. The Hall–Kier alpha value is -2.70. The number of hydrogen-bond acceptors (Lipinski definition) is 4. The third-order valence-corrected chi connectivity index (χ3v) is 3.62. The number of nitro groups is 1. The first-order valence-electron chi connectivity index (χ1n) is 6.85. The zero-order valence-electron chi connectivity index (χ0n) is 12.4. The number of rotatable bonds is 3. The van der Waals surface area contributed by atoms with Crippen LogP contribution < -0.4 is 5.32 Å². The monoisotopic (exact) mass is 303 g/mol. The Bertz CT molecular complexity index is 652. The first kappa shape index (κ1) is 15.7. The summed E-state index contributed by atoms with van der Waals surface area (Å²) >= 11 is 0. The van der Waals surface area contributed by atoms with Gasteiger partial charge in [0.15, 0.2) is 0 Å². The average Bonchev–Trinajstić information content (AvgIpc) is 2.48. The maximum absolute atomic E-state index is 12.3. The number of carbonyl (C=O) groups is 2. The van der Waals surface area contributed by atoms with E-state index in [-0.39, 0.29) is 17.5 Å². The fourth-order valence-corrected chi connectivity index (χ4v) is 2.28. The van der Waals surface area contributed by atoms with Crippen LogP contribution in [0.5, 0.6) is 0 Å². The van der Waals surface area contributed by atoms with Crippen molar-refractivity contribution < 1.29 is 14.5 Å². The van der Waals surface area contributed by atoms with Gasteiger partial charge in [0.05, 0.1) is 4.92 Å². The van der Waals surface area contributed by atoms with E-state index in [0.29, 0.717) is 18.7 Å². The molecule has 0 radical (unpaired) electrons. The highest BCUT2D eigenvalue weighted by molar-refractivity contribution is 5.98. The van der Waals surface area contributed by atoms with E-state index in [1.54, 1.807) is 26.0 Å². The molecule has 1 saturated heterocycles. The summed E-state index contributed by atoms with van der Waals surface area (Å²) in [6.45, 7) is 4.21. The highest BCUT2D eigenvalue weighted by atomic mass is 16.6. The smallest absolute Gasteiger partial charge is 0.270 e. The third kappa shape index (κ3) is 3.13. The van der Waals surface area contributed by atoms with Crippen molar-refractivity contribution in [3.05, 3.63) is 46.0 Å². The summed E-state index contributed by atoms with van der Waals surface area (Å²) in [5.74, 6) is -0.498. The lowest BCUT2D eigenvalue weighted by molar-refractivity contribution is -0.384. The quantitative estimate of drug-likeness (QED) is 0.518. The minimum atomic E-state index is -0.914. The van der Waals surface area contributed by atoms with E-state index < -0.39 is 10.5 Å². The van der Waals surface area contributed by atoms with Gasteiger partial charge in [0.2, 0.25) is 11.8 Å². The molecule has 2 rings (SSSR count). The van der Waals surface area contributed by atoms with Crippen molar-refractivity contribution in [1.29, 1.82) is 0 Å². The largest absolute Gasteiger partial charge is 0.352 e. The minimum absolute atomic E-state index is 0.0349. The zero-order chi connectivity index (χ0) is 16.3. The fraction of sp³-hybridized carbons (Fsp3) is 0.333. The topological polar surface area (TPSA) is 92.6 Å². The molecule has 1 heterocycles. The summed E-state index contributed by atoms with van der Waals surface area (Å²) in [5, 5.41) is 13.4. The molecule has 0 saturated carbocycles. The van der Waals surface area contributed by atoms with Crippen LogP contribution in [0.25, 0.3) is 6.08 Å². The number of hydrogen-bond donors (Lipinski definition) is 1. The molecular weight excluding hydrogens is 286 g/mol. The molecule has 2 amide bonds. The lowest BCUT2D eigenvalue weighted by Gasteiger charge is -2.40. The number of amides is 2. The zero-order valence-corrected chi connectivity index (χ0v) is 12.4. The average molecular weight is 303 g/mol. The van der Waals surface area contributed by atoms with E-state index in [2.05, 4.69) is 5.32 Å². The van der Waals surface area contributed by atoms with Gasteiger partial charge in [-0.15, -0.1) is 0 Å². The predicted octanol–water partition coefficient (Wildman–Crippen LogP) is 1.34. The van der Waals surface area contributed by atoms with Crippen molar-refractivity contribution >= 4 is 23.6 Å². The van der Waals surface area contributed by atoms with Crippen molar-refractivity contribution in [3.63, 3.8) is 0 Å². The number of carbonyl (C=O) groups excluding carboxylic acids is 2. The number of piperazine rings is 1. The molecule has 1 aliphatic rings. The molecule has 22 heavy (non-hydrogen) atoms. The fourth-order valence-electron chi connectivity index (χ4n) is 2.28. The summed E-state index contributed by atoms with van der Waals surface area (Å²) in [6.07, 6.45) is 2.84. The lowest BCUT2D eigenvalue weighted by Crippen LogP contribution is -2.63. The SMILES string of the molecule is CC1(C)C(=O)NCCN1C(=O)/C=C/c1cccc([N+](=O)[O-])c1. The Labute approximate surface area is 127 Å². The Morgan fingerprint density at radius 3 is 2.86 bits per heavy atom. The number of nitro benzene ring substituents is 1. The molecule has 0 atom stereocenters. The lowest BCUT2D eigenvalue weighted by atomic mass is 9.98. The van der Waals surface area contributed by atoms with E-state index >= 15 is 0 Å². The van der Waals surface area contributed by atoms with E-state index in [4.69, 9.17) is 0 Å². The molecule has 0 spiro atoms. The molecule has 7 heteroatoms. The van der Waals surface area contributed by atoms with Crippen LogP contribution in [-0.2, 0) is 9.59 Å². The summed E-state index contributed by atoms with van der Waals surface area (Å²) in [4.78, 5) is 35.8. The van der Waals surface area contributed by atoms with Gasteiger partial charge in [-0.1, -0.05) is 12.1 Å². The molecule has 1 aromatic carbocycles. The number of benzene rings is 1. The Kier molecular flexibility index (Phi) is 4.25. The molecule has 0 bridgehead atoms. The van der Waals surface area contributed by atoms with Crippen molar-refractivity contribution in [2.45, 2.75) is 19.4 Å². The van der Waals surface area contributed by atoms with Crippen LogP contribution in [0.15, 0.2) is 30.3 Å². The predicted molar refractivity (Wildman–Crippen MR) is 80.9 cm³/mol. The van der Waals surface area contributed by atoms with Crippen molar-refractivity contribution in [1.82, 2.24) is 10.2 Å². The van der Waals surface area contributed by atoms with E-state index in [1.807, 2.05) is 0 Å². The number of nitrogens with zero attached hydrogens (tertiary/aromatic N) is 2. The van der Waals surface area contributed by atoms with E-state index in [1.165, 1.54) is 29.2 Å². The normalized spacial score (nSPS) is 17.4. The van der Waals surface area contributed by atoms with Gasteiger partial charge in [-0.2, -0.15) is 0 Å². The van der Waals surface area contributed by atoms with Crippen LogP contribution in [0.1, 0.15) is 19.4 Å². The van der Waals surface area contributed by atoms with Crippen LogP contribution in [0.4, 0.5) is 5.69 Å². The van der Waals surface area contributed by atoms with Gasteiger partial charge in [-0.05, 0) is 25.5 Å².